The Hall–Kier alpha value is -2.50. The molecule has 30 heavy (non-hydrogen) atoms. The summed E-state index contributed by atoms with van der Waals surface area (Å²) in [6, 6.07) is 7.61. The molecule has 0 bridgehead atoms. The molecule has 0 saturated heterocycles. The lowest BCUT2D eigenvalue weighted by Crippen LogP contribution is -2.37. The summed E-state index contributed by atoms with van der Waals surface area (Å²) in [6.07, 6.45) is -0.307. The molecule has 0 saturated carbocycles. The van der Waals surface area contributed by atoms with Gasteiger partial charge in [-0.1, -0.05) is 17.3 Å². The highest BCUT2D eigenvalue weighted by Gasteiger charge is 2.34. The number of esters is 1. The van der Waals surface area contributed by atoms with Crippen molar-refractivity contribution in [3.05, 3.63) is 35.3 Å². The maximum absolute atomic E-state index is 13.0. The summed E-state index contributed by atoms with van der Waals surface area (Å²) in [7, 11) is 0. The van der Waals surface area contributed by atoms with Crippen molar-refractivity contribution < 1.29 is 19.2 Å². The van der Waals surface area contributed by atoms with Crippen LogP contribution < -0.4 is 5.73 Å². The zero-order chi connectivity index (χ0) is 21.9. The fraction of sp³-hybridized carbons (Fsp3) is 0.316. The van der Waals surface area contributed by atoms with Gasteiger partial charge in [-0.15, -0.1) is 22.7 Å². The van der Waals surface area contributed by atoms with Crippen LogP contribution in [0.2, 0.25) is 0 Å². The maximum atomic E-state index is 13.0. The quantitative estimate of drug-likeness (QED) is 0.240. The average Bonchev–Trinajstić information content (AvgIpc) is 3.26. The number of thiazole rings is 2. The van der Waals surface area contributed by atoms with E-state index in [0.717, 1.165) is 22.0 Å². The second kappa shape index (κ2) is 9.11. The largest absolute Gasteiger partial charge is 0.460 e. The van der Waals surface area contributed by atoms with Crippen molar-refractivity contribution >= 4 is 66.6 Å². The minimum atomic E-state index is -1.39. The predicted octanol–water partition coefficient (Wildman–Crippen LogP) is 4.10. The van der Waals surface area contributed by atoms with Crippen LogP contribution in [0.1, 0.15) is 33.4 Å². The van der Waals surface area contributed by atoms with E-state index in [0.29, 0.717) is 4.34 Å². The number of fused-ring (bicyclic) bond motifs is 1. The van der Waals surface area contributed by atoms with Crippen molar-refractivity contribution in [1.82, 2.24) is 9.97 Å². The van der Waals surface area contributed by atoms with E-state index in [1.807, 2.05) is 24.3 Å². The van der Waals surface area contributed by atoms with Gasteiger partial charge < -0.3 is 15.3 Å². The van der Waals surface area contributed by atoms with Gasteiger partial charge in [0.25, 0.3) is 0 Å². The number of ether oxygens (including phenoxy) is 1. The molecule has 8 nitrogen and oxygen atoms in total. The van der Waals surface area contributed by atoms with Crippen LogP contribution in [0.4, 0.5) is 5.13 Å². The van der Waals surface area contributed by atoms with E-state index >= 15 is 0 Å². The molecule has 0 unspecified atom stereocenters. The maximum Gasteiger partial charge on any atom is 0.353 e. The van der Waals surface area contributed by atoms with Gasteiger partial charge in [-0.05, 0) is 51.6 Å². The minimum absolute atomic E-state index is 0.0578. The number of aromatic nitrogens is 2. The molecule has 0 atom stereocenters. The van der Waals surface area contributed by atoms with Crippen LogP contribution in [0.15, 0.2) is 39.1 Å². The van der Waals surface area contributed by atoms with Crippen LogP contribution in [0, 0.1) is 0 Å². The van der Waals surface area contributed by atoms with Crippen LogP contribution >= 0.6 is 34.4 Å². The van der Waals surface area contributed by atoms with Gasteiger partial charge in [-0.3, -0.25) is 4.79 Å². The number of hydrogen-bond donors (Lipinski definition) is 1. The number of nitrogen functional groups attached to an aromatic ring is 1. The van der Waals surface area contributed by atoms with Crippen molar-refractivity contribution in [2.24, 2.45) is 5.16 Å². The van der Waals surface area contributed by atoms with Crippen molar-refractivity contribution in [1.29, 1.82) is 0 Å². The number of thioether (sulfide) groups is 1. The van der Waals surface area contributed by atoms with Gasteiger partial charge in [-0.2, -0.15) is 0 Å². The number of carbonyl (C=O) groups excluding carboxylic acids is 2. The van der Waals surface area contributed by atoms with E-state index in [2.05, 4.69) is 15.1 Å². The summed E-state index contributed by atoms with van der Waals surface area (Å²) < 4.78 is 6.72. The van der Waals surface area contributed by atoms with Crippen molar-refractivity contribution in [3.63, 3.8) is 0 Å². The van der Waals surface area contributed by atoms with E-state index in [1.165, 1.54) is 36.5 Å². The molecule has 2 heterocycles. The fourth-order valence-corrected chi connectivity index (χ4v) is 4.61. The van der Waals surface area contributed by atoms with Crippen molar-refractivity contribution in [2.45, 2.75) is 43.7 Å². The highest BCUT2D eigenvalue weighted by Crippen LogP contribution is 2.31. The Kier molecular flexibility index (Phi) is 6.74. The summed E-state index contributed by atoms with van der Waals surface area (Å²) in [5, 5.41) is 5.44. The van der Waals surface area contributed by atoms with Gasteiger partial charge in [-0.25, -0.2) is 14.8 Å². The lowest BCUT2D eigenvalue weighted by atomic mass is 10.1. The SMILES string of the molecule is CC(C)OC(=O)C(C)(C)O/N=C(\C(=O)Sc1nc2ccccc2s1)c1csc(N)n1. The van der Waals surface area contributed by atoms with Gasteiger partial charge in [0.2, 0.25) is 10.7 Å². The molecule has 2 N–H and O–H groups in total. The van der Waals surface area contributed by atoms with E-state index < -0.39 is 16.7 Å². The standard InChI is InChI=1S/C19H20N4O4S3/c1-10(2)26-16(25)19(3,4)27-23-14(12-9-28-17(20)21-12)15(24)30-18-22-11-7-5-6-8-13(11)29-18/h5-10H,1-4H3,(H2,20,21)/b23-14-. The Morgan fingerprint density at radius 2 is 1.97 bits per heavy atom. The molecule has 3 aromatic rings. The average molecular weight is 465 g/mol. The molecule has 0 aliphatic heterocycles. The van der Waals surface area contributed by atoms with Crippen molar-refractivity contribution in [2.75, 3.05) is 5.73 Å². The molecule has 0 fully saturated rings. The molecular formula is C19H20N4O4S3. The number of rotatable bonds is 7. The van der Waals surface area contributed by atoms with Crippen LogP contribution in [0.5, 0.6) is 0 Å². The zero-order valence-corrected chi connectivity index (χ0v) is 19.2. The second-order valence-electron chi connectivity index (χ2n) is 6.90. The van der Waals surface area contributed by atoms with E-state index in [9.17, 15) is 9.59 Å². The lowest BCUT2D eigenvalue weighted by molar-refractivity contribution is -0.172. The summed E-state index contributed by atoms with van der Waals surface area (Å²) in [5.74, 6) is -0.593. The Morgan fingerprint density at radius 1 is 1.23 bits per heavy atom. The van der Waals surface area contributed by atoms with Gasteiger partial charge >= 0.3 is 5.97 Å². The van der Waals surface area contributed by atoms with Crippen LogP contribution in [0.3, 0.4) is 0 Å². The topological polar surface area (TPSA) is 117 Å². The number of carbonyl (C=O) groups is 2. The molecule has 0 aliphatic rings. The van der Waals surface area contributed by atoms with E-state index in [4.69, 9.17) is 15.3 Å². The highest BCUT2D eigenvalue weighted by molar-refractivity contribution is 8.16. The molecule has 0 aliphatic carbocycles. The smallest absolute Gasteiger partial charge is 0.353 e. The predicted molar refractivity (Wildman–Crippen MR) is 120 cm³/mol. The number of anilines is 1. The van der Waals surface area contributed by atoms with Gasteiger partial charge in [0.05, 0.1) is 16.3 Å². The normalized spacial score (nSPS) is 12.4. The molecule has 11 heteroatoms. The molecular weight excluding hydrogens is 444 g/mol. The van der Waals surface area contributed by atoms with Crippen LogP contribution in [-0.4, -0.2) is 38.5 Å². The van der Waals surface area contributed by atoms with Crippen molar-refractivity contribution in [3.8, 4) is 0 Å². The van der Waals surface area contributed by atoms with E-state index in [-0.39, 0.29) is 22.6 Å². The first-order valence-corrected chi connectivity index (χ1v) is 11.4. The summed E-state index contributed by atoms with van der Waals surface area (Å²) >= 11 is 3.49. The molecule has 0 amide bonds. The highest BCUT2D eigenvalue weighted by atomic mass is 32.2. The lowest BCUT2D eigenvalue weighted by Gasteiger charge is -2.22. The summed E-state index contributed by atoms with van der Waals surface area (Å²) in [6.45, 7) is 6.50. The number of para-hydroxylation sites is 1. The van der Waals surface area contributed by atoms with Crippen LogP contribution in [-0.2, 0) is 19.2 Å². The van der Waals surface area contributed by atoms with Gasteiger partial charge in [0, 0.05) is 5.38 Å². The van der Waals surface area contributed by atoms with Gasteiger partial charge in [0.15, 0.2) is 15.2 Å². The third-order valence-electron chi connectivity index (χ3n) is 3.61. The first kappa shape index (κ1) is 22.2. The molecule has 3 rings (SSSR count). The Bertz CT molecular complexity index is 1070. The first-order chi connectivity index (χ1) is 14.2. The molecule has 2 aromatic heterocycles. The van der Waals surface area contributed by atoms with E-state index in [1.54, 1.807) is 19.2 Å². The number of benzene rings is 1. The Balaban J connectivity index is 1.85. The second-order valence-corrected chi connectivity index (χ2v) is 10.0. The number of nitrogens with two attached hydrogens (primary N) is 1. The number of nitrogens with zero attached hydrogens (tertiary/aromatic N) is 3. The summed E-state index contributed by atoms with van der Waals surface area (Å²) in [5.41, 5.74) is 5.34. The van der Waals surface area contributed by atoms with Gasteiger partial charge in [0.1, 0.15) is 5.69 Å². The third-order valence-corrected chi connectivity index (χ3v) is 6.26. The zero-order valence-electron chi connectivity index (χ0n) is 16.7. The molecule has 0 spiro atoms. The molecule has 158 valence electrons. The van der Waals surface area contributed by atoms with Crippen LogP contribution in [0.25, 0.3) is 10.2 Å². The Morgan fingerprint density at radius 3 is 2.60 bits per heavy atom. The molecule has 1 aromatic carbocycles. The fourth-order valence-electron chi connectivity index (χ4n) is 2.16. The third kappa shape index (κ3) is 5.35. The minimum Gasteiger partial charge on any atom is -0.460 e. The first-order valence-electron chi connectivity index (χ1n) is 8.92. The molecule has 0 radical (unpaired) electrons. The number of oxime groups is 1. The summed E-state index contributed by atoms with van der Waals surface area (Å²) in [4.78, 5) is 39.2. The Labute approximate surface area is 185 Å². The monoisotopic (exact) mass is 464 g/mol. The number of hydrogen-bond acceptors (Lipinski definition) is 11.